The van der Waals surface area contributed by atoms with Crippen LogP contribution in [-0.2, 0) is 0 Å². The molecule has 0 heterocycles. The van der Waals surface area contributed by atoms with Crippen molar-refractivity contribution in [2.24, 2.45) is 5.73 Å². The van der Waals surface area contributed by atoms with Gasteiger partial charge in [-0.2, -0.15) is 0 Å². The van der Waals surface area contributed by atoms with E-state index in [0.29, 0.717) is 0 Å². The molecule has 0 amide bonds. The Morgan fingerprint density at radius 1 is 1.50 bits per heavy atom. The normalized spacial score (nSPS) is 4.00. The molecule has 40 valence electrons. The van der Waals surface area contributed by atoms with Gasteiger partial charge >= 0.3 is 6.02 Å². The minimum absolute atomic E-state index is 0. The summed E-state index contributed by atoms with van der Waals surface area (Å²) in [7, 11) is 0. The fourth-order valence-corrected chi connectivity index (χ4v) is 0. The largest absolute Gasteiger partial charge is 1.00 e. The summed E-state index contributed by atoms with van der Waals surface area (Å²) in [5.74, 6) is 0. The van der Waals surface area contributed by atoms with Crippen molar-refractivity contribution in [3.63, 3.8) is 0 Å². The van der Waals surface area contributed by atoms with E-state index >= 15 is 0 Å². The van der Waals surface area contributed by atoms with Gasteiger partial charge in [-0.3, -0.25) is 11.1 Å². The van der Waals surface area contributed by atoms with E-state index in [4.69, 9.17) is 5.11 Å². The van der Waals surface area contributed by atoms with Crippen molar-refractivity contribution in [1.29, 1.82) is 0 Å². The molecule has 0 atom stereocenters. The monoisotopic (exact) mass is 131 g/mol. The van der Waals surface area contributed by atoms with Gasteiger partial charge in [0.05, 0.1) is 0 Å². The molecule has 0 saturated heterocycles. The van der Waals surface area contributed by atoms with Crippen LogP contribution in [0, 0.1) is 0 Å². The Morgan fingerprint density at radius 2 is 1.50 bits per heavy atom. The molecule has 5 heteroatoms. The lowest BCUT2D eigenvalue weighted by atomic mass is 11.3. The molecule has 0 aromatic carbocycles. The van der Waals surface area contributed by atoms with Crippen LogP contribution in [0.4, 0.5) is 0 Å². The van der Waals surface area contributed by atoms with Crippen LogP contribution in [0.3, 0.4) is 0 Å². The highest BCUT2D eigenvalue weighted by molar-refractivity contribution is 5.60. The van der Waals surface area contributed by atoms with Crippen LogP contribution in [0.25, 0.3) is 0 Å². The van der Waals surface area contributed by atoms with Crippen LogP contribution >= 0.6 is 0 Å². The topological polar surface area (TPSA) is 71.8 Å². The summed E-state index contributed by atoms with van der Waals surface area (Å²) in [6.45, 7) is 0. The molecule has 0 saturated carbocycles. The van der Waals surface area contributed by atoms with Crippen LogP contribution in [-0.4, -0.2) is 11.1 Å². The molecular formula is CH5Cl2N2O-. The summed E-state index contributed by atoms with van der Waals surface area (Å²) in [6, 6.07) is -0.583. The summed E-state index contributed by atoms with van der Waals surface area (Å²) in [5, 5.41) is 11.9. The van der Waals surface area contributed by atoms with Crippen LogP contribution in [0.15, 0.2) is 0 Å². The molecule has 0 unspecified atom stereocenters. The first-order valence-corrected chi connectivity index (χ1v) is 0.801. The molecule has 0 aliphatic carbocycles. The third-order valence-electron chi connectivity index (χ3n) is 0. The molecule has 3 nitrogen and oxygen atoms in total. The summed E-state index contributed by atoms with van der Waals surface area (Å²) < 4.78 is 0. The smallest absolute Gasteiger partial charge is 0.435 e. The van der Waals surface area contributed by atoms with Gasteiger partial charge in [0.15, 0.2) is 0 Å². The van der Waals surface area contributed by atoms with Crippen molar-refractivity contribution in [3.8, 4) is 0 Å². The Kier molecular flexibility index (Phi) is 25.0. The van der Waals surface area contributed by atoms with Crippen molar-refractivity contribution < 1.29 is 35.3 Å². The third kappa shape index (κ3) is 1390. The molecule has 0 aromatic heterocycles. The van der Waals surface area contributed by atoms with Crippen LogP contribution in [0.5, 0.6) is 0 Å². The van der Waals surface area contributed by atoms with E-state index < -0.39 is 6.02 Å². The maximum atomic E-state index is 7.53. The summed E-state index contributed by atoms with van der Waals surface area (Å²) in [6.07, 6.45) is 0. The third-order valence-corrected chi connectivity index (χ3v) is 0. The van der Waals surface area contributed by atoms with Crippen molar-refractivity contribution >= 4 is 6.02 Å². The maximum Gasteiger partial charge on any atom is 0.435 e. The zero-order valence-corrected chi connectivity index (χ0v) is 4.37. The van der Waals surface area contributed by atoms with E-state index in [1.54, 1.807) is 0 Å². The first-order chi connectivity index (χ1) is 1.73. The van der Waals surface area contributed by atoms with Crippen molar-refractivity contribution in [2.45, 2.75) is 0 Å². The average Bonchev–Trinajstić information content (AvgIpc) is 0.811. The first kappa shape index (κ1) is 16.9. The number of aliphatic hydroxyl groups excluding tert-OH is 1. The zero-order valence-electron chi connectivity index (χ0n) is 2.86. The van der Waals surface area contributed by atoms with Crippen LogP contribution < -0.4 is 36.0 Å². The highest BCUT2D eigenvalue weighted by Gasteiger charge is 1.68. The highest BCUT2D eigenvalue weighted by Crippen LogP contribution is 1.09. The van der Waals surface area contributed by atoms with Crippen LogP contribution in [0.1, 0.15) is 0 Å². The van der Waals surface area contributed by atoms with Gasteiger partial charge in [0.2, 0.25) is 0 Å². The minimum atomic E-state index is -0.583. The van der Waals surface area contributed by atoms with Gasteiger partial charge < -0.3 is 29.9 Å². The second-order valence-electron chi connectivity index (χ2n) is 0.425. The summed E-state index contributed by atoms with van der Waals surface area (Å²) in [5.41, 5.74) is 4.36. The number of aliphatic hydroxyl groups is 1. The second kappa shape index (κ2) is 8.85. The number of amidine groups is 1. The van der Waals surface area contributed by atoms with Crippen LogP contribution in [0.2, 0.25) is 0 Å². The molecule has 0 spiro atoms. The molecule has 0 radical (unpaired) electrons. The standard InChI is InChI=1S/CH4N2O.2ClH/c2-1(3)4;;/h(H4,2,3,4);2*1H/p-1. The minimum Gasteiger partial charge on any atom is -1.00 e. The lowest BCUT2D eigenvalue weighted by Gasteiger charge is -1.58. The molecule has 0 aliphatic heterocycles. The molecule has 0 fully saturated rings. The quantitative estimate of drug-likeness (QED) is 0.226. The molecule has 0 aliphatic rings. The van der Waals surface area contributed by atoms with Gasteiger partial charge in [-0.15, -0.1) is 0 Å². The van der Waals surface area contributed by atoms with E-state index in [0.717, 1.165) is 0 Å². The van der Waals surface area contributed by atoms with Gasteiger partial charge in [0, 0.05) is 0 Å². The predicted molar refractivity (Wildman–Crippen MR) is 13.7 cm³/mol. The average molecular weight is 132 g/mol. The zero-order chi connectivity index (χ0) is 3.58. The fraction of sp³-hybridized carbons (Fsp3) is 0. The lowest BCUT2D eigenvalue weighted by molar-refractivity contribution is -0.135. The van der Waals surface area contributed by atoms with Gasteiger partial charge in [-0.1, -0.05) is 0 Å². The Bertz CT molecular complexity index is 34.5. The van der Waals surface area contributed by atoms with Crippen molar-refractivity contribution in [1.82, 2.24) is 0 Å². The van der Waals surface area contributed by atoms with Gasteiger partial charge in [-0.25, -0.2) is 0 Å². The Morgan fingerprint density at radius 3 is 1.50 bits per heavy atom. The van der Waals surface area contributed by atoms with E-state index in [2.05, 4.69) is 11.1 Å². The second-order valence-corrected chi connectivity index (χ2v) is 0.425. The summed E-state index contributed by atoms with van der Waals surface area (Å²) in [4.78, 5) is 0. The lowest BCUT2D eigenvalue weighted by Crippen LogP contribution is -3.00. The van der Waals surface area contributed by atoms with Gasteiger partial charge in [-0.05, 0) is 0 Å². The molecular weight excluding hydrogens is 127 g/mol. The first-order valence-electron chi connectivity index (χ1n) is 0.801. The molecule has 0 bridgehead atoms. The van der Waals surface area contributed by atoms with Gasteiger partial charge in [0.25, 0.3) is 0 Å². The van der Waals surface area contributed by atoms with Crippen molar-refractivity contribution in [3.05, 3.63) is 0 Å². The SMILES string of the molecule is NC(=[NH2+])O.[Cl-].[Cl-]. The number of nitrogens with two attached hydrogens (primary N) is 2. The predicted octanol–water partition coefficient (Wildman–Crippen LogP) is -8.37. The molecule has 0 aromatic rings. The number of rotatable bonds is 0. The Balaban J connectivity index is -0.0000000450. The van der Waals surface area contributed by atoms with Gasteiger partial charge in [0.1, 0.15) is 0 Å². The molecule has 6 heavy (non-hydrogen) atoms. The van der Waals surface area contributed by atoms with E-state index in [1.807, 2.05) is 0 Å². The number of halogens is 2. The van der Waals surface area contributed by atoms with E-state index in [1.165, 1.54) is 0 Å². The number of hydrogen-bond donors (Lipinski definition) is 3. The van der Waals surface area contributed by atoms with Crippen molar-refractivity contribution in [2.75, 3.05) is 0 Å². The molecule has 5 N–H and O–H groups in total. The Labute approximate surface area is 47.9 Å². The molecule has 0 rings (SSSR count). The number of hydrogen-bond acceptors (Lipinski definition) is 0. The summed E-state index contributed by atoms with van der Waals surface area (Å²) >= 11 is 0. The highest BCUT2D eigenvalue weighted by atomic mass is 35.5. The fourth-order valence-electron chi connectivity index (χ4n) is 0. The Hall–Kier alpha value is -0.150. The maximum absolute atomic E-state index is 7.53. The van der Waals surface area contributed by atoms with E-state index in [-0.39, 0.29) is 24.8 Å². The van der Waals surface area contributed by atoms with E-state index in [9.17, 15) is 0 Å².